The largest absolute Gasteiger partial charge is 0.482 e. The Morgan fingerprint density at radius 1 is 1.40 bits per heavy atom. The molecule has 0 N–H and O–H groups in total. The summed E-state index contributed by atoms with van der Waals surface area (Å²) in [4.78, 5) is 16.0. The van der Waals surface area contributed by atoms with Gasteiger partial charge in [-0.1, -0.05) is 15.9 Å². The number of carbonyl (C=O) groups excluding carboxylic acids is 1. The average Bonchev–Trinajstić information content (AvgIpc) is 2.46. The van der Waals surface area contributed by atoms with Crippen molar-refractivity contribution in [2.75, 3.05) is 39.8 Å². The number of hydrogen-bond donors (Lipinski definition) is 0. The summed E-state index contributed by atoms with van der Waals surface area (Å²) in [6, 6.07) is 7.22. The molecule has 20 heavy (non-hydrogen) atoms. The van der Waals surface area contributed by atoms with E-state index in [2.05, 4.69) is 26.9 Å². The number of ether oxygens (including phenoxy) is 1. The molecule has 106 valence electrons. The zero-order valence-electron chi connectivity index (χ0n) is 11.3. The van der Waals surface area contributed by atoms with Crippen LogP contribution in [0, 0.1) is 11.3 Å². The van der Waals surface area contributed by atoms with E-state index in [0.29, 0.717) is 11.3 Å². The summed E-state index contributed by atoms with van der Waals surface area (Å²) in [6.45, 7) is 3.19. The monoisotopic (exact) mass is 337 g/mol. The molecule has 1 amide bonds. The summed E-state index contributed by atoms with van der Waals surface area (Å²) in [5, 5.41) is 9.03. The number of benzene rings is 1. The number of halogens is 1. The van der Waals surface area contributed by atoms with E-state index in [9.17, 15) is 4.79 Å². The number of nitriles is 1. The third kappa shape index (κ3) is 3.71. The molecule has 1 aromatic rings. The van der Waals surface area contributed by atoms with Crippen LogP contribution in [0.25, 0.3) is 0 Å². The van der Waals surface area contributed by atoms with Gasteiger partial charge in [0.2, 0.25) is 0 Å². The fourth-order valence-electron chi connectivity index (χ4n) is 2.00. The first-order chi connectivity index (χ1) is 9.60. The molecule has 2 rings (SSSR count). The van der Waals surface area contributed by atoms with Crippen LogP contribution in [-0.4, -0.2) is 55.5 Å². The number of nitrogens with zero attached hydrogens (tertiary/aromatic N) is 3. The van der Waals surface area contributed by atoms with Crippen molar-refractivity contribution in [1.29, 1.82) is 5.26 Å². The predicted molar refractivity (Wildman–Crippen MR) is 78.4 cm³/mol. The maximum atomic E-state index is 12.0. The Kier molecular flexibility index (Phi) is 4.99. The number of piperazine rings is 1. The summed E-state index contributed by atoms with van der Waals surface area (Å²) < 4.78 is 6.29. The first kappa shape index (κ1) is 14.8. The highest BCUT2D eigenvalue weighted by Crippen LogP contribution is 2.22. The second-order valence-electron chi connectivity index (χ2n) is 4.73. The third-order valence-corrected chi connectivity index (χ3v) is 3.76. The smallest absolute Gasteiger partial charge is 0.260 e. The van der Waals surface area contributed by atoms with Crippen LogP contribution in [0.15, 0.2) is 22.7 Å². The van der Waals surface area contributed by atoms with Crippen LogP contribution in [0.5, 0.6) is 5.75 Å². The van der Waals surface area contributed by atoms with E-state index >= 15 is 0 Å². The highest BCUT2D eigenvalue weighted by atomic mass is 79.9. The molecule has 0 bridgehead atoms. The Balaban J connectivity index is 1.92. The lowest BCUT2D eigenvalue weighted by atomic mass is 10.2. The van der Waals surface area contributed by atoms with Crippen LogP contribution in [0.4, 0.5) is 0 Å². The lowest BCUT2D eigenvalue weighted by Gasteiger charge is -2.32. The molecule has 0 spiro atoms. The van der Waals surface area contributed by atoms with Gasteiger partial charge in [-0.05, 0) is 25.2 Å². The molecule has 1 heterocycles. The number of carbonyl (C=O) groups is 1. The molecule has 0 aromatic heterocycles. The van der Waals surface area contributed by atoms with E-state index in [1.807, 2.05) is 7.05 Å². The first-order valence-electron chi connectivity index (χ1n) is 6.39. The summed E-state index contributed by atoms with van der Waals surface area (Å²) in [7, 11) is 2.04. The van der Waals surface area contributed by atoms with Crippen molar-refractivity contribution in [1.82, 2.24) is 9.80 Å². The van der Waals surface area contributed by atoms with E-state index in [1.165, 1.54) is 0 Å². The van der Waals surface area contributed by atoms with Gasteiger partial charge in [0.25, 0.3) is 5.91 Å². The average molecular weight is 338 g/mol. The number of rotatable bonds is 3. The van der Waals surface area contributed by atoms with Crippen molar-refractivity contribution < 1.29 is 9.53 Å². The standard InChI is InChI=1S/C14H16BrN3O2/c1-17-4-6-18(7-5-17)14(19)10-20-13-3-2-12(15)8-11(13)9-16/h2-3,8H,4-7,10H2,1H3. The maximum Gasteiger partial charge on any atom is 0.260 e. The predicted octanol–water partition coefficient (Wildman–Crippen LogP) is 1.47. The zero-order chi connectivity index (χ0) is 14.5. The number of amides is 1. The second-order valence-corrected chi connectivity index (χ2v) is 5.64. The van der Waals surface area contributed by atoms with Crippen LogP contribution in [0.1, 0.15) is 5.56 Å². The normalized spacial score (nSPS) is 15.8. The molecular weight excluding hydrogens is 322 g/mol. The molecule has 5 nitrogen and oxygen atoms in total. The van der Waals surface area contributed by atoms with Gasteiger partial charge in [0.15, 0.2) is 6.61 Å². The van der Waals surface area contributed by atoms with Crippen LogP contribution < -0.4 is 4.74 Å². The van der Waals surface area contributed by atoms with Gasteiger partial charge < -0.3 is 14.5 Å². The Morgan fingerprint density at radius 3 is 2.75 bits per heavy atom. The SMILES string of the molecule is CN1CCN(C(=O)COc2ccc(Br)cc2C#N)CC1. The Labute approximate surface area is 126 Å². The minimum absolute atomic E-state index is 0.0278. The van der Waals surface area contributed by atoms with Gasteiger partial charge in [0.05, 0.1) is 5.56 Å². The highest BCUT2D eigenvalue weighted by molar-refractivity contribution is 9.10. The number of likely N-dealkylation sites (N-methyl/N-ethyl adjacent to an activating group) is 1. The van der Waals surface area contributed by atoms with E-state index in [4.69, 9.17) is 10.00 Å². The molecule has 0 saturated carbocycles. The van der Waals surface area contributed by atoms with Crippen LogP contribution >= 0.6 is 15.9 Å². The van der Waals surface area contributed by atoms with Crippen LogP contribution in [0.3, 0.4) is 0 Å². The van der Waals surface area contributed by atoms with Gasteiger partial charge >= 0.3 is 0 Å². The molecule has 6 heteroatoms. The van der Waals surface area contributed by atoms with E-state index in [0.717, 1.165) is 30.7 Å². The zero-order valence-corrected chi connectivity index (χ0v) is 12.9. The molecule has 0 unspecified atom stereocenters. The van der Waals surface area contributed by atoms with Gasteiger partial charge in [-0.25, -0.2) is 0 Å². The van der Waals surface area contributed by atoms with Gasteiger partial charge in [-0.15, -0.1) is 0 Å². The Bertz CT molecular complexity index is 534. The van der Waals surface area contributed by atoms with Crippen molar-refractivity contribution in [2.24, 2.45) is 0 Å². The molecule has 1 aliphatic heterocycles. The summed E-state index contributed by atoms with van der Waals surface area (Å²) in [5.41, 5.74) is 0.422. The van der Waals surface area contributed by atoms with Crippen molar-refractivity contribution in [3.63, 3.8) is 0 Å². The van der Waals surface area contributed by atoms with Crippen molar-refractivity contribution in [2.45, 2.75) is 0 Å². The van der Waals surface area contributed by atoms with Crippen LogP contribution in [0.2, 0.25) is 0 Å². The fourth-order valence-corrected chi connectivity index (χ4v) is 2.36. The van der Waals surface area contributed by atoms with Crippen molar-refractivity contribution in [3.8, 4) is 11.8 Å². The molecule has 0 atom stereocenters. The van der Waals surface area contributed by atoms with Crippen molar-refractivity contribution >= 4 is 21.8 Å². The van der Waals surface area contributed by atoms with Gasteiger partial charge in [-0.2, -0.15) is 5.26 Å². The molecule has 1 fully saturated rings. The molecule has 0 radical (unpaired) electrons. The topological polar surface area (TPSA) is 56.6 Å². The molecule has 1 aromatic carbocycles. The summed E-state index contributed by atoms with van der Waals surface area (Å²) in [5.74, 6) is 0.406. The second kappa shape index (κ2) is 6.73. The Morgan fingerprint density at radius 2 is 2.10 bits per heavy atom. The lowest BCUT2D eigenvalue weighted by Crippen LogP contribution is -2.48. The Hall–Kier alpha value is -1.58. The minimum atomic E-state index is -0.0371. The van der Waals surface area contributed by atoms with E-state index in [1.54, 1.807) is 23.1 Å². The summed E-state index contributed by atoms with van der Waals surface area (Å²) in [6.07, 6.45) is 0. The molecular formula is C14H16BrN3O2. The van der Waals surface area contributed by atoms with E-state index in [-0.39, 0.29) is 12.5 Å². The van der Waals surface area contributed by atoms with Gasteiger partial charge in [-0.3, -0.25) is 4.79 Å². The maximum absolute atomic E-state index is 12.0. The van der Waals surface area contributed by atoms with Crippen LogP contribution in [-0.2, 0) is 4.79 Å². The highest BCUT2D eigenvalue weighted by Gasteiger charge is 2.19. The molecule has 0 aliphatic carbocycles. The minimum Gasteiger partial charge on any atom is -0.482 e. The van der Waals surface area contributed by atoms with Gasteiger partial charge in [0.1, 0.15) is 11.8 Å². The fraction of sp³-hybridized carbons (Fsp3) is 0.429. The van der Waals surface area contributed by atoms with Crippen molar-refractivity contribution in [3.05, 3.63) is 28.2 Å². The molecule has 1 aliphatic rings. The van der Waals surface area contributed by atoms with Gasteiger partial charge in [0, 0.05) is 30.7 Å². The lowest BCUT2D eigenvalue weighted by molar-refractivity contribution is -0.134. The first-order valence-corrected chi connectivity index (χ1v) is 7.18. The molecule has 1 saturated heterocycles. The van der Waals surface area contributed by atoms with E-state index < -0.39 is 0 Å². The quantitative estimate of drug-likeness (QED) is 0.838. The number of hydrogen-bond acceptors (Lipinski definition) is 4. The summed E-state index contributed by atoms with van der Waals surface area (Å²) >= 11 is 3.30. The third-order valence-electron chi connectivity index (χ3n) is 3.27.